The van der Waals surface area contributed by atoms with Gasteiger partial charge in [-0.1, -0.05) is 245 Å². The number of carbonyl (C=O) groups excluding carboxylic acids is 1. The van der Waals surface area contributed by atoms with Gasteiger partial charge in [0, 0.05) is 12.8 Å². The minimum Gasteiger partial charge on any atom is -0.481 e. The van der Waals surface area contributed by atoms with Gasteiger partial charge >= 0.3 is 11.9 Å². The summed E-state index contributed by atoms with van der Waals surface area (Å²) < 4.78 is 5.92. The Labute approximate surface area is 326 Å². The van der Waals surface area contributed by atoms with Crippen LogP contribution in [0.5, 0.6) is 0 Å². The normalized spacial score (nSPS) is 12.0. The lowest BCUT2D eigenvalue weighted by Gasteiger charge is -2.17. The molecule has 0 amide bonds. The van der Waals surface area contributed by atoms with Crippen LogP contribution in [0.25, 0.3) is 0 Å². The van der Waals surface area contributed by atoms with E-state index in [1.165, 1.54) is 225 Å². The quantitative estimate of drug-likeness (QED) is 0.0500. The van der Waals surface area contributed by atoms with Gasteiger partial charge in [0.2, 0.25) is 0 Å². The molecule has 0 fully saturated rings. The highest BCUT2D eigenvalue weighted by molar-refractivity contribution is 5.69. The number of carboxylic acid groups (broad SMARTS) is 1. The highest BCUT2D eigenvalue weighted by Gasteiger charge is 2.13. The lowest BCUT2D eigenvalue weighted by molar-refractivity contribution is -0.150. The monoisotopic (exact) mass is 735 g/mol. The third-order valence-electron chi connectivity index (χ3n) is 11.3. The number of ether oxygens (including phenoxy) is 1. The highest BCUT2D eigenvalue weighted by atomic mass is 16.5. The van der Waals surface area contributed by atoms with E-state index in [4.69, 9.17) is 9.84 Å². The zero-order valence-corrected chi connectivity index (χ0v) is 35.7. The molecule has 0 rings (SSSR count). The molecule has 1 unspecified atom stereocenters. The predicted molar refractivity (Wildman–Crippen MR) is 227 cm³/mol. The SMILES string of the molecule is CCCCCCCCCCCCCCCCCCCCCCCC(=O)OC(CCC)CCCCCCCCCCCCCCCCCCCC(=O)O. The summed E-state index contributed by atoms with van der Waals surface area (Å²) >= 11 is 0. The zero-order valence-electron chi connectivity index (χ0n) is 35.7. The van der Waals surface area contributed by atoms with Gasteiger partial charge in [0.25, 0.3) is 0 Å². The van der Waals surface area contributed by atoms with Crippen LogP contribution in [0.4, 0.5) is 0 Å². The molecule has 0 heterocycles. The van der Waals surface area contributed by atoms with Gasteiger partial charge in [-0.05, 0) is 32.1 Å². The second-order valence-corrected chi connectivity index (χ2v) is 16.7. The summed E-state index contributed by atoms with van der Waals surface area (Å²) in [5.41, 5.74) is 0. The van der Waals surface area contributed by atoms with Crippen LogP contribution in [0.15, 0.2) is 0 Å². The first-order valence-electron chi connectivity index (χ1n) is 24.0. The fourth-order valence-corrected chi connectivity index (χ4v) is 7.83. The van der Waals surface area contributed by atoms with Crippen molar-refractivity contribution in [2.75, 3.05) is 0 Å². The van der Waals surface area contributed by atoms with Crippen LogP contribution in [-0.2, 0) is 14.3 Å². The molecule has 310 valence electrons. The molecule has 52 heavy (non-hydrogen) atoms. The summed E-state index contributed by atoms with van der Waals surface area (Å²) in [6.45, 7) is 4.50. The fourth-order valence-electron chi connectivity index (χ4n) is 7.83. The summed E-state index contributed by atoms with van der Waals surface area (Å²) in [4.78, 5) is 23.0. The Bertz CT molecular complexity index is 706. The summed E-state index contributed by atoms with van der Waals surface area (Å²) in [6.07, 6.45) is 55.2. The molecule has 0 radical (unpaired) electrons. The Kier molecular flexibility index (Phi) is 43.4. The third-order valence-corrected chi connectivity index (χ3v) is 11.3. The Morgan fingerprint density at radius 2 is 0.615 bits per heavy atom. The van der Waals surface area contributed by atoms with Crippen molar-refractivity contribution in [3.05, 3.63) is 0 Å². The van der Waals surface area contributed by atoms with E-state index in [2.05, 4.69) is 13.8 Å². The van der Waals surface area contributed by atoms with Crippen LogP contribution in [0.2, 0.25) is 0 Å². The van der Waals surface area contributed by atoms with Gasteiger partial charge in [0.1, 0.15) is 6.10 Å². The smallest absolute Gasteiger partial charge is 0.306 e. The Morgan fingerprint density at radius 1 is 0.346 bits per heavy atom. The molecule has 0 bridgehead atoms. The van der Waals surface area contributed by atoms with Crippen molar-refractivity contribution in [3.63, 3.8) is 0 Å². The Hall–Kier alpha value is -1.06. The third kappa shape index (κ3) is 43.3. The molecule has 1 atom stereocenters. The molecule has 0 aromatic heterocycles. The molecular formula is C48H94O4. The standard InChI is InChI=1S/C48H94O4/c1-3-5-6-7-8-9-10-11-12-13-14-15-16-20-23-26-29-32-35-38-41-45-48(51)52-46(42-4-2)43-39-36-33-30-27-24-21-18-17-19-22-25-28-31-34-37-40-44-47(49)50/h46H,3-45H2,1-2H3,(H,49,50). The zero-order chi connectivity index (χ0) is 37.8. The van der Waals surface area contributed by atoms with Crippen molar-refractivity contribution in [1.29, 1.82) is 0 Å². The second kappa shape index (κ2) is 44.3. The number of esters is 1. The molecule has 0 saturated carbocycles. The maximum Gasteiger partial charge on any atom is 0.306 e. The van der Waals surface area contributed by atoms with Gasteiger partial charge < -0.3 is 9.84 Å². The molecule has 4 nitrogen and oxygen atoms in total. The number of carbonyl (C=O) groups is 2. The first-order chi connectivity index (χ1) is 25.6. The highest BCUT2D eigenvalue weighted by Crippen LogP contribution is 2.19. The number of hydrogen-bond donors (Lipinski definition) is 1. The van der Waals surface area contributed by atoms with E-state index in [1.54, 1.807) is 0 Å². The largest absolute Gasteiger partial charge is 0.481 e. The summed E-state index contributed by atoms with van der Waals surface area (Å²) in [7, 11) is 0. The van der Waals surface area contributed by atoms with Crippen molar-refractivity contribution < 1.29 is 19.4 Å². The molecule has 0 spiro atoms. The summed E-state index contributed by atoms with van der Waals surface area (Å²) in [5.74, 6) is -0.617. The minimum absolute atomic E-state index is 0.0428. The maximum absolute atomic E-state index is 12.5. The second-order valence-electron chi connectivity index (χ2n) is 16.7. The van der Waals surface area contributed by atoms with E-state index < -0.39 is 5.97 Å². The van der Waals surface area contributed by atoms with Crippen LogP contribution >= 0.6 is 0 Å². The van der Waals surface area contributed by atoms with Crippen LogP contribution in [0.1, 0.15) is 290 Å². The van der Waals surface area contributed by atoms with Gasteiger partial charge in [0.05, 0.1) is 0 Å². The lowest BCUT2D eigenvalue weighted by Crippen LogP contribution is -2.18. The van der Waals surface area contributed by atoms with Gasteiger partial charge in [-0.2, -0.15) is 0 Å². The molecule has 1 N–H and O–H groups in total. The fraction of sp³-hybridized carbons (Fsp3) is 0.958. The van der Waals surface area contributed by atoms with Crippen LogP contribution < -0.4 is 0 Å². The molecule has 0 aromatic carbocycles. The van der Waals surface area contributed by atoms with Crippen molar-refractivity contribution in [3.8, 4) is 0 Å². The van der Waals surface area contributed by atoms with E-state index >= 15 is 0 Å². The molecule has 0 aliphatic carbocycles. The van der Waals surface area contributed by atoms with E-state index in [0.29, 0.717) is 12.8 Å². The molecular weight excluding hydrogens is 641 g/mol. The Balaban J connectivity index is 3.43. The van der Waals surface area contributed by atoms with Gasteiger partial charge in [-0.3, -0.25) is 9.59 Å². The van der Waals surface area contributed by atoms with Gasteiger partial charge in [0.15, 0.2) is 0 Å². The number of hydrogen-bond acceptors (Lipinski definition) is 3. The topological polar surface area (TPSA) is 63.6 Å². The average molecular weight is 735 g/mol. The molecule has 0 aromatic rings. The first-order valence-corrected chi connectivity index (χ1v) is 24.0. The van der Waals surface area contributed by atoms with E-state index in [9.17, 15) is 9.59 Å². The van der Waals surface area contributed by atoms with Gasteiger partial charge in [-0.25, -0.2) is 0 Å². The number of unbranched alkanes of at least 4 members (excludes halogenated alkanes) is 36. The van der Waals surface area contributed by atoms with Crippen molar-refractivity contribution in [1.82, 2.24) is 0 Å². The molecule has 4 heteroatoms. The first kappa shape index (κ1) is 50.9. The van der Waals surface area contributed by atoms with Crippen molar-refractivity contribution in [2.45, 2.75) is 296 Å². The van der Waals surface area contributed by atoms with Crippen LogP contribution in [-0.4, -0.2) is 23.1 Å². The lowest BCUT2D eigenvalue weighted by atomic mass is 10.0. The van der Waals surface area contributed by atoms with Crippen molar-refractivity contribution in [2.24, 2.45) is 0 Å². The van der Waals surface area contributed by atoms with Crippen molar-refractivity contribution >= 4 is 11.9 Å². The van der Waals surface area contributed by atoms with Gasteiger partial charge in [-0.15, -0.1) is 0 Å². The number of carboxylic acids is 1. The van der Waals surface area contributed by atoms with Crippen LogP contribution in [0, 0.1) is 0 Å². The molecule has 0 saturated heterocycles. The van der Waals surface area contributed by atoms with E-state index in [-0.39, 0.29) is 12.1 Å². The van der Waals surface area contributed by atoms with E-state index in [0.717, 1.165) is 38.5 Å². The Morgan fingerprint density at radius 3 is 0.904 bits per heavy atom. The molecule has 0 aliphatic rings. The maximum atomic E-state index is 12.5. The average Bonchev–Trinajstić information content (AvgIpc) is 3.13. The number of aliphatic carboxylic acids is 1. The summed E-state index contributed by atoms with van der Waals surface area (Å²) in [5, 5.41) is 8.67. The molecule has 0 aliphatic heterocycles. The van der Waals surface area contributed by atoms with E-state index in [1.807, 2.05) is 0 Å². The van der Waals surface area contributed by atoms with Crippen LogP contribution in [0.3, 0.4) is 0 Å². The predicted octanol–water partition coefficient (Wildman–Crippen LogP) is 16.8. The minimum atomic E-state index is -0.660. The number of rotatable bonds is 45. The summed E-state index contributed by atoms with van der Waals surface area (Å²) in [6, 6.07) is 0.